The minimum Gasteiger partial charge on any atom is -0.493 e. The van der Waals surface area contributed by atoms with Gasteiger partial charge in [-0.15, -0.1) is 0 Å². The Hall–Kier alpha value is -3.40. The van der Waals surface area contributed by atoms with Crippen molar-refractivity contribution in [2.75, 3.05) is 32.0 Å². The molecule has 0 saturated carbocycles. The van der Waals surface area contributed by atoms with Crippen LogP contribution in [-0.4, -0.2) is 46.9 Å². The number of benzene rings is 1. The van der Waals surface area contributed by atoms with Crippen molar-refractivity contribution in [2.24, 2.45) is 0 Å². The molecule has 3 rings (SSSR count). The Morgan fingerprint density at radius 1 is 0.935 bits per heavy atom. The molecule has 0 aliphatic heterocycles. The highest BCUT2D eigenvalue weighted by Crippen LogP contribution is 2.40. The van der Waals surface area contributed by atoms with Crippen molar-refractivity contribution in [3.8, 4) is 17.2 Å². The van der Waals surface area contributed by atoms with Crippen LogP contribution >= 0.6 is 12.2 Å². The van der Waals surface area contributed by atoms with Crippen LogP contribution in [0.15, 0.2) is 30.5 Å². The van der Waals surface area contributed by atoms with Crippen LogP contribution in [0.1, 0.15) is 20.8 Å². The topological polar surface area (TPSA) is 102 Å². The van der Waals surface area contributed by atoms with E-state index < -0.39 is 0 Å². The molecule has 1 aromatic carbocycles. The molecule has 10 heteroatoms. The van der Waals surface area contributed by atoms with Crippen molar-refractivity contribution < 1.29 is 14.2 Å². The van der Waals surface area contributed by atoms with Crippen LogP contribution in [0.4, 0.5) is 17.3 Å². The SMILES string of the molecule is COc1cc(Nc2cnc3ccc(NC(=S)NC(C)(C)C)nc3n2)cc(OC)c1OC. The fourth-order valence-corrected chi connectivity index (χ4v) is 3.23. The van der Waals surface area contributed by atoms with Crippen LogP contribution in [0.5, 0.6) is 17.2 Å². The van der Waals surface area contributed by atoms with Crippen LogP contribution in [-0.2, 0) is 0 Å². The van der Waals surface area contributed by atoms with Crippen molar-refractivity contribution in [2.45, 2.75) is 26.3 Å². The van der Waals surface area contributed by atoms with Crippen molar-refractivity contribution in [1.82, 2.24) is 20.3 Å². The van der Waals surface area contributed by atoms with E-state index in [1.54, 1.807) is 45.7 Å². The quantitative estimate of drug-likeness (QED) is 0.487. The van der Waals surface area contributed by atoms with E-state index >= 15 is 0 Å². The van der Waals surface area contributed by atoms with Crippen molar-refractivity contribution in [1.29, 1.82) is 0 Å². The van der Waals surface area contributed by atoms with Gasteiger partial charge in [0.1, 0.15) is 11.3 Å². The molecule has 0 saturated heterocycles. The lowest BCUT2D eigenvalue weighted by atomic mass is 10.1. The molecule has 3 N–H and O–H groups in total. The highest BCUT2D eigenvalue weighted by molar-refractivity contribution is 7.80. The van der Waals surface area contributed by atoms with E-state index in [1.807, 2.05) is 26.8 Å². The van der Waals surface area contributed by atoms with Crippen molar-refractivity contribution in [3.05, 3.63) is 30.5 Å². The third kappa shape index (κ3) is 5.60. The lowest BCUT2D eigenvalue weighted by Gasteiger charge is -2.22. The lowest BCUT2D eigenvalue weighted by Crippen LogP contribution is -2.43. The van der Waals surface area contributed by atoms with Gasteiger partial charge in [0.15, 0.2) is 28.1 Å². The molecular weight excluding hydrogens is 416 g/mol. The zero-order valence-corrected chi connectivity index (χ0v) is 19.2. The zero-order chi connectivity index (χ0) is 22.6. The summed E-state index contributed by atoms with van der Waals surface area (Å²) in [6, 6.07) is 7.21. The summed E-state index contributed by atoms with van der Waals surface area (Å²) < 4.78 is 16.1. The van der Waals surface area contributed by atoms with Gasteiger partial charge in [-0.2, -0.15) is 0 Å². The average Bonchev–Trinajstić information content (AvgIpc) is 2.71. The number of thiocarbonyl (C=S) groups is 1. The fraction of sp³-hybridized carbons (Fsp3) is 0.333. The summed E-state index contributed by atoms with van der Waals surface area (Å²) in [6.07, 6.45) is 1.63. The summed E-state index contributed by atoms with van der Waals surface area (Å²) in [4.78, 5) is 13.5. The molecule has 0 unspecified atom stereocenters. The Balaban J connectivity index is 1.86. The van der Waals surface area contributed by atoms with Gasteiger partial charge in [-0.1, -0.05) is 0 Å². The Morgan fingerprint density at radius 2 is 1.58 bits per heavy atom. The number of rotatable bonds is 6. The second-order valence-electron chi connectivity index (χ2n) is 7.66. The van der Waals surface area contributed by atoms with Gasteiger partial charge in [0.25, 0.3) is 0 Å². The van der Waals surface area contributed by atoms with Gasteiger partial charge >= 0.3 is 0 Å². The Kier molecular flexibility index (Phi) is 6.59. The van der Waals surface area contributed by atoms with E-state index in [1.165, 1.54) is 0 Å². The van der Waals surface area contributed by atoms with Gasteiger partial charge in [-0.3, -0.25) is 0 Å². The summed E-state index contributed by atoms with van der Waals surface area (Å²) >= 11 is 5.34. The summed E-state index contributed by atoms with van der Waals surface area (Å²) in [5.41, 5.74) is 1.68. The standard InChI is InChI=1S/C21H26N6O3S/c1-21(2,3)27-20(31)26-16-8-7-13-19(24-16)25-17(11-22-13)23-12-9-14(28-4)18(30-6)15(10-12)29-5/h7-11H,1-6H3,(H3,23,24,25,26,27,31). The third-order valence-electron chi connectivity index (χ3n) is 4.07. The number of fused-ring (bicyclic) bond motifs is 1. The number of nitrogens with zero attached hydrogens (tertiary/aromatic N) is 3. The fourth-order valence-electron chi connectivity index (χ4n) is 2.82. The predicted octanol–water partition coefficient (Wildman–Crippen LogP) is 3.88. The molecule has 0 aliphatic rings. The molecule has 0 spiro atoms. The van der Waals surface area contributed by atoms with E-state index in [-0.39, 0.29) is 5.54 Å². The molecule has 0 fully saturated rings. The summed E-state index contributed by atoms with van der Waals surface area (Å²) in [5, 5.41) is 9.95. The maximum absolute atomic E-state index is 5.39. The second-order valence-corrected chi connectivity index (χ2v) is 8.07. The highest BCUT2D eigenvalue weighted by atomic mass is 32.1. The lowest BCUT2D eigenvalue weighted by molar-refractivity contribution is 0.324. The molecule has 2 heterocycles. The molecule has 0 bridgehead atoms. The van der Waals surface area contributed by atoms with Crippen molar-refractivity contribution >= 4 is 45.8 Å². The number of anilines is 3. The minimum atomic E-state index is -0.154. The Bertz CT molecular complexity index is 1080. The van der Waals surface area contributed by atoms with Crippen LogP contribution in [0.3, 0.4) is 0 Å². The van der Waals surface area contributed by atoms with Crippen LogP contribution in [0, 0.1) is 0 Å². The first kappa shape index (κ1) is 22.3. The Labute approximate surface area is 186 Å². The van der Waals surface area contributed by atoms with E-state index in [2.05, 4.69) is 30.9 Å². The molecule has 9 nitrogen and oxygen atoms in total. The summed E-state index contributed by atoms with van der Waals surface area (Å²) in [7, 11) is 4.69. The largest absolute Gasteiger partial charge is 0.493 e. The van der Waals surface area contributed by atoms with Crippen LogP contribution < -0.4 is 30.2 Å². The van der Waals surface area contributed by atoms with Gasteiger partial charge in [0.05, 0.1) is 27.5 Å². The van der Waals surface area contributed by atoms with Crippen LogP contribution in [0.2, 0.25) is 0 Å². The van der Waals surface area contributed by atoms with Crippen molar-refractivity contribution in [3.63, 3.8) is 0 Å². The number of pyridine rings is 1. The first-order valence-corrected chi connectivity index (χ1v) is 9.93. The average molecular weight is 443 g/mol. The molecule has 0 atom stereocenters. The molecule has 0 aliphatic carbocycles. The van der Waals surface area contributed by atoms with E-state index in [0.29, 0.717) is 50.8 Å². The molecule has 3 aromatic rings. The van der Waals surface area contributed by atoms with E-state index in [9.17, 15) is 0 Å². The first-order valence-electron chi connectivity index (χ1n) is 9.52. The molecule has 0 amide bonds. The zero-order valence-electron chi connectivity index (χ0n) is 18.4. The Morgan fingerprint density at radius 3 is 2.16 bits per heavy atom. The summed E-state index contributed by atoms with van der Waals surface area (Å²) in [6.45, 7) is 6.09. The van der Waals surface area contributed by atoms with Gasteiger partial charge in [0.2, 0.25) is 5.75 Å². The maximum atomic E-state index is 5.39. The first-order chi connectivity index (χ1) is 14.7. The van der Waals surface area contributed by atoms with Gasteiger partial charge in [-0.25, -0.2) is 15.0 Å². The van der Waals surface area contributed by atoms with E-state index in [4.69, 9.17) is 26.4 Å². The molecule has 164 valence electrons. The highest BCUT2D eigenvalue weighted by Gasteiger charge is 2.14. The number of aromatic nitrogens is 3. The number of hydrogen-bond acceptors (Lipinski definition) is 8. The number of hydrogen-bond donors (Lipinski definition) is 3. The van der Waals surface area contributed by atoms with E-state index in [0.717, 1.165) is 0 Å². The monoisotopic (exact) mass is 442 g/mol. The number of ether oxygens (including phenoxy) is 3. The second kappa shape index (κ2) is 9.17. The summed E-state index contributed by atoms with van der Waals surface area (Å²) in [5.74, 6) is 2.66. The predicted molar refractivity (Wildman–Crippen MR) is 126 cm³/mol. The van der Waals surface area contributed by atoms with Crippen LogP contribution in [0.25, 0.3) is 11.2 Å². The van der Waals surface area contributed by atoms with Gasteiger partial charge < -0.3 is 30.2 Å². The third-order valence-corrected chi connectivity index (χ3v) is 4.28. The molecule has 0 radical (unpaired) electrons. The minimum absolute atomic E-state index is 0.154. The molecule has 2 aromatic heterocycles. The number of methoxy groups -OCH3 is 3. The molecule has 31 heavy (non-hydrogen) atoms. The maximum Gasteiger partial charge on any atom is 0.203 e. The van der Waals surface area contributed by atoms with Gasteiger partial charge in [-0.05, 0) is 45.1 Å². The molecular formula is C21H26N6O3S. The van der Waals surface area contributed by atoms with Gasteiger partial charge in [0, 0.05) is 23.4 Å². The smallest absolute Gasteiger partial charge is 0.203 e. The normalized spacial score (nSPS) is 11.0. The number of nitrogens with one attached hydrogen (secondary N) is 3.